The van der Waals surface area contributed by atoms with Crippen LogP contribution < -0.4 is 10.2 Å². The van der Waals surface area contributed by atoms with Gasteiger partial charge in [-0.05, 0) is 25.0 Å². The van der Waals surface area contributed by atoms with Gasteiger partial charge >= 0.3 is 5.97 Å². The van der Waals surface area contributed by atoms with E-state index in [0.717, 1.165) is 0 Å². The topological polar surface area (TPSA) is 224 Å². The van der Waals surface area contributed by atoms with Crippen LogP contribution in [0, 0.1) is 15.6 Å². The van der Waals surface area contributed by atoms with E-state index < -0.39 is 44.5 Å². The Morgan fingerprint density at radius 3 is 2.69 bits per heavy atom. The van der Waals surface area contributed by atoms with Gasteiger partial charge < -0.3 is 10.2 Å². The second-order valence-electron chi connectivity index (χ2n) is 6.59. The molecule has 172 valence electrons. The summed E-state index contributed by atoms with van der Waals surface area (Å²) in [5, 5.41) is 15.5. The summed E-state index contributed by atoms with van der Waals surface area (Å²) in [6.45, 7) is 0.342. The van der Waals surface area contributed by atoms with Crippen LogP contribution in [-0.4, -0.2) is 52.5 Å². The highest BCUT2D eigenvalue weighted by Gasteiger charge is 2.48. The van der Waals surface area contributed by atoms with Crippen LogP contribution in [0.1, 0.15) is 32.1 Å². The minimum Gasteiger partial charge on any atom is -0.379 e. The van der Waals surface area contributed by atoms with E-state index in [0.29, 0.717) is 25.8 Å². The lowest BCUT2D eigenvalue weighted by atomic mass is 10.2. The number of anilines is 1. The summed E-state index contributed by atoms with van der Waals surface area (Å²) in [7, 11) is -4.79. The van der Waals surface area contributed by atoms with Gasteiger partial charge in [-0.1, -0.05) is 6.42 Å². The van der Waals surface area contributed by atoms with Crippen molar-refractivity contribution in [2.24, 2.45) is 5.11 Å². The molecule has 1 aromatic carbocycles. The number of nitro benzene ring substituents is 1. The van der Waals surface area contributed by atoms with E-state index in [1.807, 2.05) is 0 Å². The molecule has 2 rings (SSSR count). The summed E-state index contributed by atoms with van der Waals surface area (Å²) < 4.78 is 31.0. The zero-order chi connectivity index (χ0) is 23.9. The minimum atomic E-state index is -4.79. The standard InChI is InChI=1S/C16H18N6O9S/c17-20-19-10-5-6-11(12(8-10)22(26)27)18-7-3-1-2-4-15(24)31-21-14(23)9-13(16(21)25)32(28,29)30/h5-6,8,13,17H,1-4,7,9H2,(H,28,29,30)/p+1. The van der Waals surface area contributed by atoms with E-state index in [4.69, 9.17) is 10.1 Å². The van der Waals surface area contributed by atoms with Crippen LogP contribution in [0.4, 0.5) is 17.1 Å². The highest BCUT2D eigenvalue weighted by Crippen LogP contribution is 2.29. The number of nitrogens with zero attached hydrogens (tertiary/aromatic N) is 4. The van der Waals surface area contributed by atoms with Crippen molar-refractivity contribution < 1.29 is 37.1 Å². The number of hydrogen-bond acceptors (Lipinski definition) is 11. The predicted octanol–water partition coefficient (Wildman–Crippen LogP) is 1.22. The van der Waals surface area contributed by atoms with E-state index in [1.165, 1.54) is 18.2 Å². The fourth-order valence-corrected chi connectivity index (χ4v) is 3.50. The van der Waals surface area contributed by atoms with Crippen molar-refractivity contribution >= 4 is 45.0 Å². The van der Waals surface area contributed by atoms with E-state index in [1.54, 1.807) is 0 Å². The number of amides is 2. The first-order chi connectivity index (χ1) is 15.0. The van der Waals surface area contributed by atoms with Crippen molar-refractivity contribution in [1.29, 1.82) is 5.53 Å². The van der Waals surface area contributed by atoms with E-state index in [-0.39, 0.29) is 28.5 Å². The lowest BCUT2D eigenvalue weighted by Crippen LogP contribution is -2.36. The molecule has 15 nitrogen and oxygen atoms in total. The summed E-state index contributed by atoms with van der Waals surface area (Å²) in [6, 6.07) is 4.06. The summed E-state index contributed by atoms with van der Waals surface area (Å²) in [5.41, 5.74) is 6.84. The summed E-state index contributed by atoms with van der Waals surface area (Å²) in [4.78, 5) is 53.2. The molecule has 3 N–H and O–H groups in total. The van der Waals surface area contributed by atoms with Crippen LogP contribution in [-0.2, 0) is 29.3 Å². The molecule has 0 spiro atoms. The largest absolute Gasteiger partial charge is 0.379 e. The third-order valence-electron chi connectivity index (χ3n) is 4.33. The quantitative estimate of drug-likeness (QED) is 0.0795. The Labute approximate surface area is 180 Å². The second kappa shape index (κ2) is 10.5. The Kier molecular flexibility index (Phi) is 8.06. The van der Waals surface area contributed by atoms with Crippen LogP contribution >= 0.6 is 0 Å². The van der Waals surface area contributed by atoms with Crippen molar-refractivity contribution in [2.75, 3.05) is 11.9 Å². The predicted molar refractivity (Wildman–Crippen MR) is 105 cm³/mol. The molecule has 0 bridgehead atoms. The first-order valence-corrected chi connectivity index (χ1v) is 10.7. The van der Waals surface area contributed by atoms with Gasteiger partial charge in [0.1, 0.15) is 11.2 Å². The lowest BCUT2D eigenvalue weighted by Gasteiger charge is -2.13. The maximum absolute atomic E-state index is 11.8. The number of nitro groups is 1. The Hall–Kier alpha value is -3.75. The molecule has 2 amide bonds. The second-order valence-corrected chi connectivity index (χ2v) is 8.19. The lowest BCUT2D eigenvalue weighted by molar-refractivity contribution is -0.383. The van der Waals surface area contributed by atoms with Gasteiger partial charge in [0.25, 0.3) is 27.6 Å². The van der Waals surface area contributed by atoms with E-state index in [2.05, 4.69) is 20.2 Å². The van der Waals surface area contributed by atoms with Gasteiger partial charge in [-0.15, -0.1) is 5.06 Å². The molecule has 1 aromatic rings. The molecule has 1 aliphatic heterocycles. The molecule has 1 saturated heterocycles. The Bertz CT molecular complexity index is 1080. The Morgan fingerprint density at radius 1 is 1.38 bits per heavy atom. The smallest absolute Gasteiger partial charge is 0.333 e. The average molecular weight is 471 g/mol. The molecule has 1 heterocycles. The summed E-state index contributed by atoms with van der Waals surface area (Å²) >= 11 is 0. The minimum absolute atomic E-state index is 0.0470. The van der Waals surface area contributed by atoms with Crippen LogP contribution in [0.25, 0.3) is 0 Å². The molecule has 0 aliphatic carbocycles. The van der Waals surface area contributed by atoms with Crippen LogP contribution in [0.15, 0.2) is 23.3 Å². The summed E-state index contributed by atoms with van der Waals surface area (Å²) in [5.74, 6) is -3.30. The van der Waals surface area contributed by atoms with Gasteiger partial charge in [0.15, 0.2) is 16.1 Å². The van der Waals surface area contributed by atoms with Gasteiger partial charge in [-0.2, -0.15) is 8.42 Å². The molecule has 16 heteroatoms. The van der Waals surface area contributed by atoms with Crippen LogP contribution in [0.2, 0.25) is 0 Å². The van der Waals surface area contributed by atoms with Gasteiger partial charge in [-0.25, -0.2) is 4.79 Å². The van der Waals surface area contributed by atoms with Crippen molar-refractivity contribution in [3.8, 4) is 0 Å². The first-order valence-electron chi connectivity index (χ1n) is 9.18. The number of imide groups is 1. The van der Waals surface area contributed by atoms with Crippen molar-refractivity contribution in [2.45, 2.75) is 37.4 Å². The third-order valence-corrected chi connectivity index (χ3v) is 5.42. The summed E-state index contributed by atoms with van der Waals surface area (Å²) in [6.07, 6.45) is 0.348. The molecule has 32 heavy (non-hydrogen) atoms. The monoisotopic (exact) mass is 471 g/mol. The Morgan fingerprint density at radius 2 is 2.09 bits per heavy atom. The van der Waals surface area contributed by atoms with Gasteiger partial charge in [-0.3, -0.25) is 24.3 Å². The highest BCUT2D eigenvalue weighted by atomic mass is 32.2. The van der Waals surface area contributed by atoms with Crippen LogP contribution in [0.3, 0.4) is 0 Å². The third kappa shape index (κ3) is 6.37. The van der Waals surface area contributed by atoms with Crippen LogP contribution in [0.5, 0.6) is 0 Å². The maximum atomic E-state index is 11.8. The van der Waals surface area contributed by atoms with Crippen molar-refractivity contribution in [3.63, 3.8) is 0 Å². The maximum Gasteiger partial charge on any atom is 0.333 e. The van der Waals surface area contributed by atoms with Crippen molar-refractivity contribution in [1.82, 2.24) is 9.97 Å². The molecule has 0 saturated carbocycles. The van der Waals surface area contributed by atoms with Crippen molar-refractivity contribution in [3.05, 3.63) is 28.3 Å². The number of carbonyl (C=O) groups is 3. The van der Waals surface area contributed by atoms with Gasteiger partial charge in [0.05, 0.1) is 17.4 Å². The number of hydrogen-bond donors (Lipinski definition) is 3. The number of carbonyl (C=O) groups excluding carboxylic acids is 3. The molecule has 0 radical (unpaired) electrons. The fourth-order valence-electron chi connectivity index (χ4n) is 2.79. The number of benzene rings is 1. The first kappa shape index (κ1) is 24.5. The number of nitrogens with one attached hydrogen (secondary N) is 2. The zero-order valence-corrected chi connectivity index (χ0v) is 17.3. The van der Waals surface area contributed by atoms with E-state index in [9.17, 15) is 32.9 Å². The molecule has 1 aliphatic rings. The van der Waals surface area contributed by atoms with Gasteiger partial charge in [0.2, 0.25) is 4.91 Å². The fraction of sp³-hybridized carbons (Fsp3) is 0.438. The zero-order valence-electron chi connectivity index (χ0n) is 16.5. The van der Waals surface area contributed by atoms with E-state index >= 15 is 0 Å². The highest BCUT2D eigenvalue weighted by molar-refractivity contribution is 7.87. The SMILES string of the molecule is N=[N+]=Nc1ccc(NCCCCCC(=O)ON2C(=O)CC(S(=O)(=O)O)C2=O)c([N+](=O)[O-])c1. The molecule has 1 unspecified atom stereocenters. The normalized spacial score (nSPS) is 15.9. The molecule has 1 atom stereocenters. The number of unbranched alkanes of at least 4 members (excludes halogenated alkanes) is 2. The Balaban J connectivity index is 1.75. The molecule has 1 fully saturated rings. The molecule has 0 aromatic heterocycles. The molecular weight excluding hydrogens is 452 g/mol. The average Bonchev–Trinajstić information content (AvgIpc) is 3.00. The number of rotatable bonds is 11. The molecular formula is C16H19N6O9S+. The van der Waals surface area contributed by atoms with Gasteiger partial charge in [0, 0.05) is 13.0 Å². The number of hydroxylamine groups is 2.